The Labute approximate surface area is 158 Å². The minimum absolute atomic E-state index is 0.334. The molecular weight excluding hydrogens is 400 g/mol. The van der Waals surface area contributed by atoms with Gasteiger partial charge in [0.15, 0.2) is 0 Å². The van der Waals surface area contributed by atoms with Crippen molar-refractivity contribution in [3.05, 3.63) is 52.0 Å². The number of carboxylic acids is 1. The molecule has 3 rings (SSSR count). The number of carbonyl (C=O) groups is 3. The van der Waals surface area contributed by atoms with Crippen LogP contribution in [0.25, 0.3) is 11.1 Å². The lowest BCUT2D eigenvalue weighted by Crippen LogP contribution is -2.42. The van der Waals surface area contributed by atoms with Crippen LogP contribution in [0.2, 0.25) is 0 Å². The van der Waals surface area contributed by atoms with E-state index in [2.05, 4.69) is 38.7 Å². The highest BCUT2D eigenvalue weighted by Gasteiger charge is 2.23. The number of aliphatic carboxylic acids is 1. The van der Waals surface area contributed by atoms with Crippen LogP contribution in [-0.2, 0) is 20.8 Å². The Morgan fingerprint density at radius 3 is 2.42 bits per heavy atom. The number of halogens is 1. The van der Waals surface area contributed by atoms with Gasteiger partial charge in [-0.25, -0.2) is 4.79 Å². The van der Waals surface area contributed by atoms with E-state index in [0.717, 1.165) is 22.0 Å². The Kier molecular flexibility index (Phi) is 5.08. The van der Waals surface area contributed by atoms with Crippen LogP contribution in [0.3, 0.4) is 0 Å². The molecular formula is C19H17BrN2O4. The summed E-state index contributed by atoms with van der Waals surface area (Å²) >= 11 is 3.47. The van der Waals surface area contributed by atoms with Crippen LogP contribution in [0.4, 0.5) is 5.69 Å². The van der Waals surface area contributed by atoms with Crippen molar-refractivity contribution in [1.29, 1.82) is 0 Å². The number of carboxylic acid groups (broad SMARTS) is 1. The van der Waals surface area contributed by atoms with Gasteiger partial charge < -0.3 is 15.7 Å². The van der Waals surface area contributed by atoms with Crippen LogP contribution in [0.1, 0.15) is 24.5 Å². The number of hydrogen-bond acceptors (Lipinski definition) is 3. The van der Waals surface area contributed by atoms with Gasteiger partial charge >= 0.3 is 5.97 Å². The van der Waals surface area contributed by atoms with Crippen molar-refractivity contribution in [1.82, 2.24) is 5.32 Å². The summed E-state index contributed by atoms with van der Waals surface area (Å²) in [5.41, 5.74) is 5.24. The van der Waals surface area contributed by atoms with Crippen LogP contribution in [0.5, 0.6) is 0 Å². The van der Waals surface area contributed by atoms with E-state index in [1.807, 2.05) is 18.2 Å². The molecule has 0 fully saturated rings. The third-order valence-electron chi connectivity index (χ3n) is 4.19. The fraction of sp³-hybridized carbons (Fsp3) is 0.211. The maximum Gasteiger partial charge on any atom is 0.326 e. The second-order valence-corrected chi connectivity index (χ2v) is 7.11. The summed E-state index contributed by atoms with van der Waals surface area (Å²) in [6, 6.07) is 10.5. The van der Waals surface area contributed by atoms with Crippen molar-refractivity contribution in [3.63, 3.8) is 0 Å². The second kappa shape index (κ2) is 7.29. The van der Waals surface area contributed by atoms with Gasteiger partial charge in [0.25, 0.3) is 0 Å². The first-order valence-electron chi connectivity index (χ1n) is 8.05. The van der Waals surface area contributed by atoms with E-state index < -0.39 is 23.8 Å². The second-order valence-electron chi connectivity index (χ2n) is 6.19. The molecule has 2 aromatic carbocycles. The Hall–Kier alpha value is -2.67. The molecule has 7 heteroatoms. The van der Waals surface area contributed by atoms with E-state index in [-0.39, 0.29) is 6.42 Å². The summed E-state index contributed by atoms with van der Waals surface area (Å²) in [5, 5.41) is 14.0. The summed E-state index contributed by atoms with van der Waals surface area (Å²) in [4.78, 5) is 34.3. The predicted octanol–water partition coefficient (Wildman–Crippen LogP) is 2.94. The van der Waals surface area contributed by atoms with Crippen molar-refractivity contribution in [2.45, 2.75) is 25.8 Å². The summed E-state index contributed by atoms with van der Waals surface area (Å²) < 4.78 is 1.02. The van der Waals surface area contributed by atoms with Crippen molar-refractivity contribution < 1.29 is 19.5 Å². The predicted molar refractivity (Wildman–Crippen MR) is 101 cm³/mol. The third-order valence-corrected chi connectivity index (χ3v) is 4.69. The normalized spacial score (nSPS) is 12.7. The minimum atomic E-state index is -1.25. The number of fused-ring (bicyclic) bond motifs is 3. The Morgan fingerprint density at radius 2 is 1.77 bits per heavy atom. The van der Waals surface area contributed by atoms with Gasteiger partial charge in [0.2, 0.25) is 11.8 Å². The molecule has 0 radical (unpaired) electrons. The molecule has 1 atom stereocenters. The number of amides is 2. The molecule has 2 aromatic rings. The number of anilines is 1. The van der Waals surface area contributed by atoms with Gasteiger partial charge in [0.1, 0.15) is 6.04 Å². The van der Waals surface area contributed by atoms with Gasteiger partial charge in [-0.1, -0.05) is 28.1 Å². The molecule has 1 unspecified atom stereocenters. The van der Waals surface area contributed by atoms with Gasteiger partial charge in [-0.2, -0.15) is 0 Å². The Balaban J connectivity index is 1.71. The first-order valence-corrected chi connectivity index (χ1v) is 8.84. The van der Waals surface area contributed by atoms with Gasteiger partial charge in [-0.15, -0.1) is 0 Å². The molecule has 0 aliphatic heterocycles. The summed E-state index contributed by atoms with van der Waals surface area (Å²) in [7, 11) is 0. The number of hydrogen-bond donors (Lipinski definition) is 3. The topological polar surface area (TPSA) is 95.5 Å². The van der Waals surface area contributed by atoms with E-state index in [4.69, 9.17) is 5.11 Å². The Bertz CT molecular complexity index is 910. The van der Waals surface area contributed by atoms with Gasteiger partial charge in [0, 0.05) is 17.1 Å². The number of carbonyl (C=O) groups excluding carboxylic acids is 2. The zero-order chi connectivity index (χ0) is 18.8. The van der Waals surface area contributed by atoms with Gasteiger partial charge in [-0.3, -0.25) is 9.59 Å². The average Bonchev–Trinajstić information content (AvgIpc) is 2.89. The van der Waals surface area contributed by atoms with Crippen molar-refractivity contribution in [2.75, 3.05) is 5.32 Å². The lowest BCUT2D eigenvalue weighted by atomic mass is 10.1. The first-order chi connectivity index (χ1) is 12.3. The molecule has 0 spiro atoms. The largest absolute Gasteiger partial charge is 0.480 e. The molecule has 2 amide bonds. The standard InChI is InChI=1S/C19H17BrN2O4/c1-10(23)21-17(19(25)26)9-18(24)22-14-3-5-16-12(8-14)6-11-7-13(20)2-4-15(11)16/h2-5,7-8,17H,6,9H2,1H3,(H,21,23)(H,22,24)(H,25,26). The molecule has 0 heterocycles. The highest BCUT2D eigenvalue weighted by Crippen LogP contribution is 2.38. The molecule has 1 aliphatic carbocycles. The fourth-order valence-electron chi connectivity index (χ4n) is 3.10. The van der Waals surface area contributed by atoms with E-state index in [1.165, 1.54) is 18.1 Å². The van der Waals surface area contributed by atoms with Crippen molar-refractivity contribution in [3.8, 4) is 11.1 Å². The van der Waals surface area contributed by atoms with Gasteiger partial charge in [0.05, 0.1) is 6.42 Å². The highest BCUT2D eigenvalue weighted by atomic mass is 79.9. The number of nitrogens with one attached hydrogen (secondary N) is 2. The van der Waals surface area contributed by atoms with Crippen LogP contribution in [-0.4, -0.2) is 28.9 Å². The van der Waals surface area contributed by atoms with Crippen LogP contribution in [0.15, 0.2) is 40.9 Å². The van der Waals surface area contributed by atoms with Crippen molar-refractivity contribution in [2.24, 2.45) is 0 Å². The van der Waals surface area contributed by atoms with Crippen molar-refractivity contribution >= 4 is 39.4 Å². The lowest BCUT2D eigenvalue weighted by molar-refractivity contribution is -0.142. The first kappa shape index (κ1) is 18.1. The maximum atomic E-state index is 12.1. The molecule has 0 saturated heterocycles. The van der Waals surface area contributed by atoms with E-state index >= 15 is 0 Å². The molecule has 26 heavy (non-hydrogen) atoms. The SMILES string of the molecule is CC(=O)NC(CC(=O)Nc1ccc2c(c1)Cc1cc(Br)ccc1-2)C(=O)O. The molecule has 0 saturated carbocycles. The summed E-state index contributed by atoms with van der Waals surface area (Å²) in [5.74, 6) is -2.21. The van der Waals surface area contributed by atoms with Crippen LogP contribution in [0, 0.1) is 0 Å². The molecule has 0 bridgehead atoms. The number of rotatable bonds is 5. The monoisotopic (exact) mass is 416 g/mol. The summed E-state index contributed by atoms with van der Waals surface area (Å²) in [6.07, 6.45) is 0.441. The Morgan fingerprint density at radius 1 is 1.12 bits per heavy atom. The van der Waals surface area contributed by atoms with E-state index in [9.17, 15) is 14.4 Å². The van der Waals surface area contributed by atoms with E-state index in [1.54, 1.807) is 6.07 Å². The number of benzene rings is 2. The zero-order valence-electron chi connectivity index (χ0n) is 14.0. The van der Waals surface area contributed by atoms with Crippen LogP contribution < -0.4 is 10.6 Å². The van der Waals surface area contributed by atoms with E-state index in [0.29, 0.717) is 5.69 Å². The fourth-order valence-corrected chi connectivity index (χ4v) is 3.51. The molecule has 134 valence electrons. The molecule has 0 aromatic heterocycles. The quantitative estimate of drug-likeness (QED) is 0.595. The minimum Gasteiger partial charge on any atom is -0.480 e. The lowest BCUT2D eigenvalue weighted by Gasteiger charge is -2.13. The average molecular weight is 417 g/mol. The van der Waals surface area contributed by atoms with Crippen LogP contribution >= 0.6 is 15.9 Å². The molecule has 6 nitrogen and oxygen atoms in total. The highest BCUT2D eigenvalue weighted by molar-refractivity contribution is 9.10. The zero-order valence-corrected chi connectivity index (χ0v) is 15.6. The third kappa shape index (κ3) is 3.94. The summed E-state index contributed by atoms with van der Waals surface area (Å²) in [6.45, 7) is 1.21. The molecule has 1 aliphatic rings. The smallest absolute Gasteiger partial charge is 0.326 e. The maximum absolute atomic E-state index is 12.1. The van der Waals surface area contributed by atoms with Gasteiger partial charge in [-0.05, 0) is 52.9 Å². The molecule has 3 N–H and O–H groups in total.